The number of pyridine rings is 1. The third-order valence-electron chi connectivity index (χ3n) is 3.36. The Hall–Kier alpha value is -2.86. The molecule has 116 valence electrons. The zero-order valence-corrected chi connectivity index (χ0v) is 13.1. The van der Waals surface area contributed by atoms with Gasteiger partial charge < -0.3 is 10.3 Å². The molecule has 7 heteroatoms. The molecule has 6 nitrogen and oxygen atoms in total. The van der Waals surface area contributed by atoms with Crippen molar-refractivity contribution in [3.05, 3.63) is 59.0 Å². The van der Waals surface area contributed by atoms with Gasteiger partial charge in [-0.3, -0.25) is 20.5 Å². The molecule has 0 aliphatic rings. The number of aromatic nitrogens is 2. The minimum absolute atomic E-state index is 0.386. The molecular weight excluding hydrogens is 314 g/mol. The largest absolute Gasteiger partial charge is 0.370 e. The highest BCUT2D eigenvalue weighted by molar-refractivity contribution is 6.31. The van der Waals surface area contributed by atoms with E-state index in [2.05, 4.69) is 10.3 Å². The molecular formula is C16H14ClN5O. The molecule has 4 N–H and O–H groups in total. The molecule has 0 radical (unpaired) electrons. The maximum atomic E-state index is 11.9. The zero-order valence-electron chi connectivity index (χ0n) is 12.3. The highest BCUT2D eigenvalue weighted by Gasteiger charge is 2.11. The Morgan fingerprint density at radius 1 is 1.35 bits per heavy atom. The van der Waals surface area contributed by atoms with Crippen molar-refractivity contribution < 1.29 is 4.79 Å². The Balaban J connectivity index is 2.09. The van der Waals surface area contributed by atoms with Crippen LogP contribution < -0.4 is 11.1 Å². The minimum atomic E-state index is -0.422. The molecule has 0 saturated heterocycles. The minimum Gasteiger partial charge on any atom is -0.370 e. The van der Waals surface area contributed by atoms with Gasteiger partial charge in [-0.05, 0) is 37.3 Å². The Morgan fingerprint density at radius 2 is 2.13 bits per heavy atom. The smallest absolute Gasteiger partial charge is 0.259 e. The van der Waals surface area contributed by atoms with Gasteiger partial charge in [0.15, 0.2) is 5.96 Å². The average Bonchev–Trinajstić information content (AvgIpc) is 2.94. The van der Waals surface area contributed by atoms with Crippen LogP contribution in [0.4, 0.5) is 0 Å². The highest BCUT2D eigenvalue weighted by atomic mass is 35.5. The van der Waals surface area contributed by atoms with Gasteiger partial charge in [-0.15, -0.1) is 0 Å². The van der Waals surface area contributed by atoms with Crippen LogP contribution in [0.1, 0.15) is 16.1 Å². The molecule has 0 aliphatic heterocycles. The Labute approximate surface area is 137 Å². The lowest BCUT2D eigenvalue weighted by Gasteiger charge is -2.09. The number of nitrogens with two attached hydrogens (primary N) is 1. The van der Waals surface area contributed by atoms with Crippen LogP contribution >= 0.6 is 11.6 Å². The molecule has 1 aromatic carbocycles. The summed E-state index contributed by atoms with van der Waals surface area (Å²) in [5.74, 6) is -0.808. The number of nitrogens with one attached hydrogen (secondary N) is 2. The summed E-state index contributed by atoms with van der Waals surface area (Å²) in [5.41, 5.74) is 8.12. The fraction of sp³-hybridized carbons (Fsp3) is 0.0625. The van der Waals surface area contributed by atoms with Crippen LogP contribution in [0.5, 0.6) is 0 Å². The van der Waals surface area contributed by atoms with E-state index in [1.807, 2.05) is 23.6 Å². The maximum absolute atomic E-state index is 11.9. The number of halogens is 1. The number of fused-ring (bicyclic) bond motifs is 1. The van der Waals surface area contributed by atoms with Crippen LogP contribution in [0.2, 0.25) is 5.02 Å². The number of guanidine groups is 1. The van der Waals surface area contributed by atoms with Crippen LogP contribution in [-0.4, -0.2) is 21.4 Å². The summed E-state index contributed by atoms with van der Waals surface area (Å²) in [4.78, 5) is 16.4. The van der Waals surface area contributed by atoms with Gasteiger partial charge in [-0.2, -0.15) is 0 Å². The summed E-state index contributed by atoms with van der Waals surface area (Å²) in [6, 6.07) is 9.10. The molecule has 0 atom stereocenters. The van der Waals surface area contributed by atoms with Crippen molar-refractivity contribution in [1.29, 1.82) is 5.41 Å². The molecule has 0 aliphatic carbocycles. The number of nitrogens with zero attached hydrogens (tertiary/aromatic N) is 2. The molecule has 0 spiro atoms. The van der Waals surface area contributed by atoms with E-state index in [0.29, 0.717) is 10.6 Å². The number of amides is 1. The first-order chi connectivity index (χ1) is 10.9. The fourth-order valence-electron chi connectivity index (χ4n) is 2.40. The summed E-state index contributed by atoms with van der Waals surface area (Å²) in [5, 5.41) is 10.9. The Bertz CT molecular complexity index is 926. The number of benzene rings is 1. The standard InChI is InChI=1S/C16H14ClN5O/c1-9-6-14(12-3-2-11(17)7-13(12)20-9)22-5-4-10(8-22)15(23)21-16(18)19/h2-8H,1H3,(H4,18,19,21,23). The van der Waals surface area contributed by atoms with Gasteiger partial charge in [0.25, 0.3) is 5.91 Å². The quantitative estimate of drug-likeness (QED) is 0.498. The van der Waals surface area contributed by atoms with Gasteiger partial charge in [-0.1, -0.05) is 11.6 Å². The Kier molecular flexibility index (Phi) is 3.75. The summed E-state index contributed by atoms with van der Waals surface area (Å²) < 4.78 is 1.83. The topological polar surface area (TPSA) is 96.8 Å². The fourth-order valence-corrected chi connectivity index (χ4v) is 2.57. The van der Waals surface area contributed by atoms with Crippen LogP contribution in [0, 0.1) is 12.3 Å². The lowest BCUT2D eigenvalue weighted by Crippen LogP contribution is -2.35. The van der Waals surface area contributed by atoms with Crippen LogP contribution in [0.3, 0.4) is 0 Å². The molecule has 3 rings (SSSR count). The average molecular weight is 328 g/mol. The van der Waals surface area contributed by atoms with Crippen molar-refractivity contribution in [2.45, 2.75) is 6.92 Å². The molecule has 2 aromatic heterocycles. The summed E-state index contributed by atoms with van der Waals surface area (Å²) >= 11 is 6.03. The number of aryl methyl sites for hydroxylation is 1. The van der Waals surface area contributed by atoms with Gasteiger partial charge in [0.05, 0.1) is 16.8 Å². The number of carbonyl (C=O) groups excluding carboxylic acids is 1. The van der Waals surface area contributed by atoms with E-state index in [0.717, 1.165) is 22.3 Å². The van der Waals surface area contributed by atoms with Crippen LogP contribution in [0.15, 0.2) is 42.7 Å². The molecule has 2 heterocycles. The van der Waals surface area contributed by atoms with E-state index in [-0.39, 0.29) is 5.96 Å². The van der Waals surface area contributed by atoms with Crippen molar-refractivity contribution in [3.8, 4) is 5.69 Å². The molecule has 0 bridgehead atoms. The number of rotatable bonds is 2. The van der Waals surface area contributed by atoms with Gasteiger partial charge in [-0.25, -0.2) is 0 Å². The Morgan fingerprint density at radius 3 is 2.87 bits per heavy atom. The molecule has 1 amide bonds. The predicted molar refractivity (Wildman–Crippen MR) is 90.2 cm³/mol. The molecule has 0 fully saturated rings. The van der Waals surface area contributed by atoms with E-state index in [1.165, 1.54) is 0 Å². The lowest BCUT2D eigenvalue weighted by atomic mass is 10.1. The monoisotopic (exact) mass is 327 g/mol. The first-order valence-electron chi connectivity index (χ1n) is 6.85. The highest BCUT2D eigenvalue weighted by Crippen LogP contribution is 2.25. The lowest BCUT2D eigenvalue weighted by molar-refractivity contribution is 0.0976. The van der Waals surface area contributed by atoms with Crippen molar-refractivity contribution in [2.24, 2.45) is 5.73 Å². The van der Waals surface area contributed by atoms with Gasteiger partial charge >= 0.3 is 0 Å². The molecule has 23 heavy (non-hydrogen) atoms. The first-order valence-corrected chi connectivity index (χ1v) is 7.22. The molecule has 0 saturated carbocycles. The van der Waals surface area contributed by atoms with E-state index in [9.17, 15) is 4.79 Å². The second kappa shape index (κ2) is 5.73. The molecule has 3 aromatic rings. The van der Waals surface area contributed by atoms with Gasteiger partial charge in [0, 0.05) is 28.5 Å². The SMILES string of the molecule is Cc1cc(-n2ccc(C(=O)NC(=N)N)c2)c2ccc(Cl)cc2n1. The van der Waals surface area contributed by atoms with Gasteiger partial charge in [0.1, 0.15) is 0 Å². The van der Waals surface area contributed by atoms with Crippen LogP contribution in [-0.2, 0) is 0 Å². The number of hydrogen-bond donors (Lipinski definition) is 3. The van der Waals surface area contributed by atoms with E-state index >= 15 is 0 Å². The van der Waals surface area contributed by atoms with Crippen molar-refractivity contribution in [2.75, 3.05) is 0 Å². The third kappa shape index (κ3) is 3.02. The van der Waals surface area contributed by atoms with Crippen molar-refractivity contribution >= 4 is 34.4 Å². The number of hydrogen-bond acceptors (Lipinski definition) is 3. The predicted octanol–water partition coefficient (Wildman–Crippen LogP) is 2.61. The maximum Gasteiger partial charge on any atom is 0.259 e. The zero-order chi connectivity index (χ0) is 16.6. The summed E-state index contributed by atoms with van der Waals surface area (Å²) in [6.07, 6.45) is 3.46. The second-order valence-corrected chi connectivity index (χ2v) is 5.56. The third-order valence-corrected chi connectivity index (χ3v) is 3.59. The van der Waals surface area contributed by atoms with Crippen LogP contribution in [0.25, 0.3) is 16.6 Å². The van der Waals surface area contributed by atoms with Crippen molar-refractivity contribution in [1.82, 2.24) is 14.9 Å². The summed E-state index contributed by atoms with van der Waals surface area (Å²) in [7, 11) is 0. The normalized spacial score (nSPS) is 10.7. The van der Waals surface area contributed by atoms with E-state index in [4.69, 9.17) is 22.7 Å². The second-order valence-electron chi connectivity index (χ2n) is 5.12. The van der Waals surface area contributed by atoms with E-state index < -0.39 is 5.91 Å². The van der Waals surface area contributed by atoms with Gasteiger partial charge in [0.2, 0.25) is 0 Å². The number of carbonyl (C=O) groups is 1. The molecule has 0 unspecified atom stereocenters. The van der Waals surface area contributed by atoms with E-state index in [1.54, 1.807) is 30.6 Å². The summed E-state index contributed by atoms with van der Waals surface area (Å²) in [6.45, 7) is 1.90. The van der Waals surface area contributed by atoms with Crippen molar-refractivity contribution in [3.63, 3.8) is 0 Å². The first kappa shape index (κ1) is 15.1.